The Balaban J connectivity index is 2.98. The standard InChI is InChI=1S/C12H17NO2/c1-12(2,3)13(14)9-10-6-5-7-11(8-10)15-4/h5-9H,1-4H3/b13-9-. The monoisotopic (exact) mass is 207 g/mol. The lowest BCUT2D eigenvalue weighted by atomic mass is 10.1. The minimum atomic E-state index is -0.414. The lowest BCUT2D eigenvalue weighted by Gasteiger charge is -2.18. The van der Waals surface area contributed by atoms with Gasteiger partial charge in [-0.25, -0.2) is 4.74 Å². The second-order valence-corrected chi connectivity index (χ2v) is 4.40. The molecule has 0 aliphatic rings. The van der Waals surface area contributed by atoms with Gasteiger partial charge in [0.1, 0.15) is 5.75 Å². The van der Waals surface area contributed by atoms with Gasteiger partial charge in [0.15, 0.2) is 11.8 Å². The van der Waals surface area contributed by atoms with Gasteiger partial charge in [-0.15, -0.1) is 0 Å². The van der Waals surface area contributed by atoms with E-state index in [2.05, 4.69) is 0 Å². The summed E-state index contributed by atoms with van der Waals surface area (Å²) in [5.74, 6) is 0.756. The highest BCUT2D eigenvalue weighted by Gasteiger charge is 2.17. The first-order valence-corrected chi connectivity index (χ1v) is 4.89. The summed E-state index contributed by atoms with van der Waals surface area (Å²) < 4.78 is 6.03. The first-order chi connectivity index (χ1) is 6.93. The third kappa shape index (κ3) is 3.27. The fourth-order valence-corrected chi connectivity index (χ4v) is 1.05. The van der Waals surface area contributed by atoms with Crippen LogP contribution >= 0.6 is 0 Å². The van der Waals surface area contributed by atoms with Crippen molar-refractivity contribution in [1.29, 1.82) is 0 Å². The van der Waals surface area contributed by atoms with Gasteiger partial charge in [0.2, 0.25) is 0 Å². The zero-order valence-electron chi connectivity index (χ0n) is 9.65. The molecule has 0 saturated heterocycles. The maximum atomic E-state index is 11.7. The highest BCUT2D eigenvalue weighted by Crippen LogP contribution is 2.12. The van der Waals surface area contributed by atoms with Crippen molar-refractivity contribution in [2.45, 2.75) is 26.3 Å². The molecule has 0 aliphatic heterocycles. The molecule has 0 radical (unpaired) electrons. The molecule has 3 heteroatoms. The maximum absolute atomic E-state index is 11.7. The van der Waals surface area contributed by atoms with E-state index in [9.17, 15) is 5.21 Å². The van der Waals surface area contributed by atoms with E-state index in [0.717, 1.165) is 16.1 Å². The number of hydroxylamine groups is 1. The smallest absolute Gasteiger partial charge is 0.182 e. The van der Waals surface area contributed by atoms with E-state index in [0.29, 0.717) is 0 Å². The van der Waals surface area contributed by atoms with Gasteiger partial charge in [-0.05, 0) is 18.2 Å². The molecule has 0 bridgehead atoms. The molecule has 1 rings (SSSR count). The molecule has 0 spiro atoms. The van der Waals surface area contributed by atoms with Crippen LogP contribution < -0.4 is 4.74 Å². The van der Waals surface area contributed by atoms with Gasteiger partial charge in [-0.3, -0.25) is 0 Å². The number of hydrogen-bond acceptors (Lipinski definition) is 2. The Bertz CT molecular complexity index is 364. The molecule has 0 fully saturated rings. The fourth-order valence-electron chi connectivity index (χ4n) is 1.05. The molecule has 1 aromatic carbocycles. The van der Waals surface area contributed by atoms with Crippen LogP contribution in [0, 0.1) is 5.21 Å². The van der Waals surface area contributed by atoms with Crippen molar-refractivity contribution >= 4 is 6.21 Å². The van der Waals surface area contributed by atoms with Crippen LogP contribution in [0.1, 0.15) is 26.3 Å². The van der Waals surface area contributed by atoms with Crippen molar-refractivity contribution in [3.05, 3.63) is 35.0 Å². The number of benzene rings is 1. The van der Waals surface area contributed by atoms with E-state index in [1.165, 1.54) is 0 Å². The van der Waals surface area contributed by atoms with Crippen molar-refractivity contribution in [2.75, 3.05) is 7.11 Å². The lowest BCUT2D eigenvalue weighted by Crippen LogP contribution is -2.29. The summed E-state index contributed by atoms with van der Waals surface area (Å²) in [7, 11) is 1.61. The minimum absolute atomic E-state index is 0.414. The molecule has 0 aromatic heterocycles. The van der Waals surface area contributed by atoms with Gasteiger partial charge >= 0.3 is 0 Å². The van der Waals surface area contributed by atoms with Crippen molar-refractivity contribution in [1.82, 2.24) is 0 Å². The zero-order valence-corrected chi connectivity index (χ0v) is 9.65. The molecule has 15 heavy (non-hydrogen) atoms. The van der Waals surface area contributed by atoms with Gasteiger partial charge in [0.25, 0.3) is 0 Å². The summed E-state index contributed by atoms with van der Waals surface area (Å²) in [5, 5.41) is 11.7. The Morgan fingerprint density at radius 3 is 2.53 bits per heavy atom. The normalized spacial score (nSPS) is 12.7. The van der Waals surface area contributed by atoms with Crippen molar-refractivity contribution in [2.24, 2.45) is 0 Å². The highest BCUT2D eigenvalue weighted by molar-refractivity contribution is 5.76. The topological polar surface area (TPSA) is 35.3 Å². The van der Waals surface area contributed by atoms with Gasteiger partial charge in [-0.2, -0.15) is 0 Å². The molecule has 0 amide bonds. The van der Waals surface area contributed by atoms with Gasteiger partial charge in [-0.1, -0.05) is 6.07 Å². The van der Waals surface area contributed by atoms with Crippen LogP contribution in [-0.2, 0) is 0 Å². The Labute approximate surface area is 90.6 Å². The molecule has 0 saturated carbocycles. The molecular formula is C12H17NO2. The van der Waals surface area contributed by atoms with Crippen LogP contribution in [0.5, 0.6) is 5.75 Å². The molecule has 0 unspecified atom stereocenters. The van der Waals surface area contributed by atoms with E-state index < -0.39 is 5.54 Å². The van der Waals surface area contributed by atoms with Crippen LogP contribution in [0.15, 0.2) is 24.3 Å². The van der Waals surface area contributed by atoms with Crippen LogP contribution in [0.25, 0.3) is 0 Å². The van der Waals surface area contributed by atoms with Crippen LogP contribution in [0.4, 0.5) is 0 Å². The lowest BCUT2D eigenvalue weighted by molar-refractivity contribution is -0.530. The van der Waals surface area contributed by atoms with Gasteiger partial charge < -0.3 is 9.94 Å². The molecular weight excluding hydrogens is 190 g/mol. The molecule has 1 aromatic rings. The summed E-state index contributed by atoms with van der Waals surface area (Å²) >= 11 is 0. The summed E-state index contributed by atoms with van der Waals surface area (Å²) in [4.78, 5) is 0. The van der Waals surface area contributed by atoms with Gasteiger partial charge in [0.05, 0.1) is 7.11 Å². The third-order valence-corrected chi connectivity index (χ3v) is 2.02. The van der Waals surface area contributed by atoms with Crippen molar-refractivity contribution in [3.63, 3.8) is 0 Å². The summed E-state index contributed by atoms with van der Waals surface area (Å²) in [6.45, 7) is 5.62. The molecule has 0 heterocycles. The Morgan fingerprint density at radius 1 is 1.33 bits per heavy atom. The minimum Gasteiger partial charge on any atom is -0.623 e. The quantitative estimate of drug-likeness (QED) is 0.323. The number of ether oxygens (including phenoxy) is 1. The summed E-state index contributed by atoms with van der Waals surface area (Å²) in [6.07, 6.45) is 1.57. The molecule has 0 N–H and O–H groups in total. The van der Waals surface area contributed by atoms with Crippen molar-refractivity contribution in [3.8, 4) is 5.75 Å². The number of methoxy groups -OCH3 is 1. The number of nitrogens with zero attached hydrogens (tertiary/aromatic N) is 1. The first kappa shape index (κ1) is 11.6. The highest BCUT2D eigenvalue weighted by atomic mass is 16.5. The van der Waals surface area contributed by atoms with Gasteiger partial charge in [0, 0.05) is 26.3 Å². The SMILES string of the molecule is COc1cccc(/C=[N+](\[O-])C(C)(C)C)c1. The third-order valence-electron chi connectivity index (χ3n) is 2.02. The first-order valence-electron chi connectivity index (χ1n) is 4.89. The zero-order chi connectivity index (χ0) is 11.5. The van der Waals surface area contributed by atoms with E-state index in [-0.39, 0.29) is 0 Å². The van der Waals surface area contributed by atoms with Crippen LogP contribution in [0.3, 0.4) is 0 Å². The van der Waals surface area contributed by atoms with E-state index in [4.69, 9.17) is 4.74 Å². The second kappa shape index (κ2) is 4.34. The second-order valence-electron chi connectivity index (χ2n) is 4.40. The maximum Gasteiger partial charge on any atom is 0.182 e. The molecule has 82 valence electrons. The average Bonchev–Trinajstić information content (AvgIpc) is 2.16. The molecule has 0 atom stereocenters. The van der Waals surface area contributed by atoms with E-state index >= 15 is 0 Å². The number of rotatable bonds is 2. The molecule has 0 aliphatic carbocycles. The van der Waals surface area contributed by atoms with Crippen LogP contribution in [-0.4, -0.2) is 23.6 Å². The predicted molar refractivity (Wildman–Crippen MR) is 61.5 cm³/mol. The Morgan fingerprint density at radius 2 is 2.00 bits per heavy atom. The summed E-state index contributed by atoms with van der Waals surface area (Å²) in [5.41, 5.74) is 0.433. The largest absolute Gasteiger partial charge is 0.623 e. The van der Waals surface area contributed by atoms with E-state index in [1.807, 2.05) is 45.0 Å². The molecule has 3 nitrogen and oxygen atoms in total. The van der Waals surface area contributed by atoms with Crippen molar-refractivity contribution < 1.29 is 9.48 Å². The Kier molecular flexibility index (Phi) is 3.35. The average molecular weight is 207 g/mol. The van der Waals surface area contributed by atoms with Crippen LogP contribution in [0.2, 0.25) is 0 Å². The Hall–Kier alpha value is -1.51. The van der Waals surface area contributed by atoms with E-state index in [1.54, 1.807) is 13.3 Å². The number of hydrogen-bond donors (Lipinski definition) is 0. The summed E-state index contributed by atoms with van der Waals surface area (Å²) in [6, 6.07) is 7.42. The fraction of sp³-hybridized carbons (Fsp3) is 0.417. The predicted octanol–water partition coefficient (Wildman–Crippen LogP) is 2.42.